The summed E-state index contributed by atoms with van der Waals surface area (Å²) in [4.78, 5) is 25.0. The fourth-order valence-electron chi connectivity index (χ4n) is 4.98. The van der Waals surface area contributed by atoms with Crippen LogP contribution in [-0.4, -0.2) is 73.3 Å². The molecular formula is C28H34ClN6O8P. The number of hydrogen-bond acceptors (Lipinski definition) is 12. The van der Waals surface area contributed by atoms with E-state index in [-0.39, 0.29) is 47.0 Å². The van der Waals surface area contributed by atoms with Crippen molar-refractivity contribution in [2.24, 2.45) is 5.92 Å². The Kier molecular flexibility index (Phi) is 9.71. The number of nitrogens with one attached hydrogen (secondary N) is 1. The lowest BCUT2D eigenvalue weighted by molar-refractivity contribution is -0.145. The van der Waals surface area contributed by atoms with Gasteiger partial charge in [-0.05, 0) is 42.3 Å². The van der Waals surface area contributed by atoms with Gasteiger partial charge in [0.1, 0.15) is 36.4 Å². The quantitative estimate of drug-likeness (QED) is 0.0990. The highest BCUT2D eigenvalue weighted by Gasteiger charge is 2.47. The molecule has 0 amide bonds. The van der Waals surface area contributed by atoms with Crippen molar-refractivity contribution in [1.29, 1.82) is 0 Å². The van der Waals surface area contributed by atoms with Gasteiger partial charge >= 0.3 is 13.7 Å². The molecule has 236 valence electrons. The standard InChI is InChI=1S/C28H34ClN6O8P/c1-4-40-27(38)18(12-15(2)3)34-44(39,43-19-11-7-9-16-8-5-6-10-17(16)19)41-13-20-22(36)23(37)26(42-20)35-25-21(33-28(35)29)24(30)31-14-32-25/h5-11,14-15,18,20,22-23,26,36-37H,4,12-13H2,1-3H3,(H,34,39)(H2,30,31,32)/t18-,20+,22-,23?,26+,44?/m0/s1. The van der Waals surface area contributed by atoms with E-state index in [0.717, 1.165) is 5.39 Å². The first kappa shape index (κ1) is 32.0. The topological polar surface area (TPSA) is 193 Å². The molecule has 6 atom stereocenters. The van der Waals surface area contributed by atoms with Crippen LogP contribution in [-0.2, 0) is 23.4 Å². The second-order valence-electron chi connectivity index (χ2n) is 10.7. The lowest BCUT2D eigenvalue weighted by Gasteiger charge is -2.27. The molecule has 0 aliphatic carbocycles. The van der Waals surface area contributed by atoms with Crippen LogP contribution in [0.1, 0.15) is 33.4 Å². The molecular weight excluding hydrogens is 615 g/mol. The Hall–Kier alpha value is -3.36. The SMILES string of the molecule is CCOC(=O)[C@H](CC(C)C)NP(=O)(OC[C@H]1O[C@@H](n2c(Cl)nc3c(N)ncnc32)C(O)[C@H]1O)Oc1cccc2ccccc12. The number of ether oxygens (including phenoxy) is 2. The van der Waals surface area contributed by atoms with Crippen LogP contribution in [0.15, 0.2) is 48.8 Å². The van der Waals surface area contributed by atoms with E-state index < -0.39 is 50.9 Å². The molecule has 44 heavy (non-hydrogen) atoms. The number of carbonyl (C=O) groups is 1. The van der Waals surface area contributed by atoms with Crippen molar-refractivity contribution in [1.82, 2.24) is 24.6 Å². The molecule has 1 saturated heterocycles. The van der Waals surface area contributed by atoms with E-state index in [4.69, 9.17) is 35.9 Å². The fourth-order valence-corrected chi connectivity index (χ4v) is 6.77. The number of anilines is 1. The third-order valence-electron chi connectivity index (χ3n) is 7.02. The summed E-state index contributed by atoms with van der Waals surface area (Å²) in [6.07, 6.45) is -3.99. The van der Waals surface area contributed by atoms with Crippen molar-refractivity contribution < 1.29 is 38.1 Å². The average molecular weight is 649 g/mol. The summed E-state index contributed by atoms with van der Waals surface area (Å²) in [5.41, 5.74) is 6.25. The minimum absolute atomic E-state index is 0.0198. The van der Waals surface area contributed by atoms with Crippen molar-refractivity contribution >= 4 is 53.1 Å². The molecule has 0 bridgehead atoms. The number of nitrogen functional groups attached to an aromatic ring is 1. The van der Waals surface area contributed by atoms with Crippen molar-refractivity contribution in [2.45, 2.75) is 57.8 Å². The van der Waals surface area contributed by atoms with Crippen LogP contribution in [0, 0.1) is 5.92 Å². The first-order valence-electron chi connectivity index (χ1n) is 14.0. The molecule has 3 heterocycles. The number of benzene rings is 2. The maximum Gasteiger partial charge on any atom is 0.459 e. The second kappa shape index (κ2) is 13.3. The molecule has 0 radical (unpaired) electrons. The van der Waals surface area contributed by atoms with E-state index in [0.29, 0.717) is 5.39 Å². The van der Waals surface area contributed by atoms with E-state index in [1.165, 1.54) is 10.9 Å². The lowest BCUT2D eigenvalue weighted by atomic mass is 10.1. The van der Waals surface area contributed by atoms with Crippen molar-refractivity contribution in [2.75, 3.05) is 18.9 Å². The molecule has 1 aliphatic heterocycles. The summed E-state index contributed by atoms with van der Waals surface area (Å²) < 4.78 is 38.7. The highest BCUT2D eigenvalue weighted by Crippen LogP contribution is 2.48. The monoisotopic (exact) mass is 648 g/mol. The molecule has 2 unspecified atom stereocenters. The van der Waals surface area contributed by atoms with Gasteiger partial charge in [0.25, 0.3) is 0 Å². The minimum Gasteiger partial charge on any atom is -0.465 e. The largest absolute Gasteiger partial charge is 0.465 e. The number of fused-ring (bicyclic) bond motifs is 2. The number of nitrogens with zero attached hydrogens (tertiary/aromatic N) is 4. The zero-order valence-electron chi connectivity index (χ0n) is 24.2. The minimum atomic E-state index is -4.38. The number of halogens is 1. The smallest absolute Gasteiger partial charge is 0.459 e. The summed E-state index contributed by atoms with van der Waals surface area (Å²) in [5.74, 6) is -0.293. The van der Waals surface area contributed by atoms with Crippen molar-refractivity contribution in [3.63, 3.8) is 0 Å². The predicted molar refractivity (Wildman–Crippen MR) is 162 cm³/mol. The maximum atomic E-state index is 14.4. The molecule has 2 aromatic carbocycles. The Balaban J connectivity index is 1.43. The third-order valence-corrected chi connectivity index (χ3v) is 8.84. The number of carbonyl (C=O) groups excluding carboxylic acids is 1. The van der Waals surface area contributed by atoms with E-state index in [9.17, 15) is 19.6 Å². The lowest BCUT2D eigenvalue weighted by Crippen LogP contribution is -2.40. The summed E-state index contributed by atoms with van der Waals surface area (Å²) in [6.45, 7) is 5.08. The zero-order chi connectivity index (χ0) is 31.6. The number of rotatable bonds is 12. The van der Waals surface area contributed by atoms with E-state index >= 15 is 0 Å². The van der Waals surface area contributed by atoms with Crippen LogP contribution in [0.5, 0.6) is 5.75 Å². The highest BCUT2D eigenvalue weighted by atomic mass is 35.5. The average Bonchev–Trinajstić information content (AvgIpc) is 3.47. The van der Waals surface area contributed by atoms with Crippen LogP contribution in [0.2, 0.25) is 5.28 Å². The van der Waals surface area contributed by atoms with Gasteiger partial charge in [0.15, 0.2) is 23.2 Å². The molecule has 16 heteroatoms. The zero-order valence-corrected chi connectivity index (χ0v) is 25.9. The van der Waals surface area contributed by atoms with E-state index in [1.807, 2.05) is 38.1 Å². The summed E-state index contributed by atoms with van der Waals surface area (Å²) in [6, 6.07) is 11.5. The molecule has 1 fully saturated rings. The van der Waals surface area contributed by atoms with Gasteiger partial charge in [-0.1, -0.05) is 50.2 Å². The molecule has 2 aromatic heterocycles. The number of aliphatic hydroxyl groups excluding tert-OH is 2. The Bertz CT molecular complexity index is 1680. The van der Waals surface area contributed by atoms with Crippen molar-refractivity contribution in [3.8, 4) is 5.75 Å². The number of hydrogen-bond donors (Lipinski definition) is 4. The van der Waals surface area contributed by atoms with Crippen molar-refractivity contribution in [3.05, 3.63) is 54.1 Å². The predicted octanol–water partition coefficient (Wildman–Crippen LogP) is 3.61. The fraction of sp³-hybridized carbons (Fsp3) is 0.429. The Morgan fingerprint density at radius 1 is 1.18 bits per heavy atom. The van der Waals surface area contributed by atoms with Crippen LogP contribution in [0.25, 0.3) is 21.9 Å². The molecule has 0 spiro atoms. The first-order chi connectivity index (χ1) is 21.0. The van der Waals surface area contributed by atoms with Gasteiger partial charge in [-0.15, -0.1) is 0 Å². The number of nitrogens with two attached hydrogens (primary N) is 1. The number of aliphatic hydroxyl groups is 2. The van der Waals surface area contributed by atoms with Gasteiger partial charge < -0.3 is 29.9 Å². The van der Waals surface area contributed by atoms with Gasteiger partial charge in [-0.25, -0.2) is 19.5 Å². The number of imidazole rings is 1. The molecule has 14 nitrogen and oxygen atoms in total. The van der Waals surface area contributed by atoms with Crippen LogP contribution < -0.4 is 15.3 Å². The molecule has 0 saturated carbocycles. The summed E-state index contributed by atoms with van der Waals surface area (Å²) >= 11 is 6.33. The Labute approximate surface area is 258 Å². The van der Waals surface area contributed by atoms with E-state index in [1.54, 1.807) is 25.1 Å². The molecule has 1 aliphatic rings. The van der Waals surface area contributed by atoms with Gasteiger partial charge in [0.2, 0.25) is 5.28 Å². The number of aromatic nitrogens is 4. The van der Waals surface area contributed by atoms with Gasteiger partial charge in [-0.2, -0.15) is 5.09 Å². The normalized spacial score (nSPS) is 22.3. The molecule has 4 aromatic rings. The van der Waals surface area contributed by atoms with Crippen LogP contribution in [0.3, 0.4) is 0 Å². The van der Waals surface area contributed by atoms with Crippen LogP contribution in [0.4, 0.5) is 5.82 Å². The molecule has 5 rings (SSSR count). The Morgan fingerprint density at radius 3 is 2.68 bits per heavy atom. The second-order valence-corrected chi connectivity index (χ2v) is 12.7. The van der Waals surface area contributed by atoms with Crippen LogP contribution >= 0.6 is 19.3 Å². The van der Waals surface area contributed by atoms with Gasteiger partial charge in [-0.3, -0.25) is 13.9 Å². The van der Waals surface area contributed by atoms with E-state index in [2.05, 4.69) is 20.0 Å². The molecule has 5 N–H and O–H groups in total. The third kappa shape index (κ3) is 6.66. The summed E-state index contributed by atoms with van der Waals surface area (Å²) in [7, 11) is -4.38. The highest BCUT2D eigenvalue weighted by molar-refractivity contribution is 7.52. The maximum absolute atomic E-state index is 14.4. The number of esters is 1. The van der Waals surface area contributed by atoms with Gasteiger partial charge in [0.05, 0.1) is 13.2 Å². The first-order valence-corrected chi connectivity index (χ1v) is 15.9. The summed E-state index contributed by atoms with van der Waals surface area (Å²) in [5, 5.41) is 26.0. The Morgan fingerprint density at radius 2 is 1.93 bits per heavy atom. The van der Waals surface area contributed by atoms with Gasteiger partial charge in [0, 0.05) is 5.39 Å².